The second kappa shape index (κ2) is 5.29. The molecule has 1 aromatic carbocycles. The number of rotatable bonds is 1. The second-order valence-corrected chi connectivity index (χ2v) is 4.65. The fraction of sp³-hybridized carbons (Fsp3) is 0.308. The van der Waals surface area contributed by atoms with Gasteiger partial charge in [-0.05, 0) is 37.6 Å². The number of hydrogen-bond donors (Lipinski definition) is 1. The number of benzene rings is 1. The van der Waals surface area contributed by atoms with Gasteiger partial charge in [-0.1, -0.05) is 39.7 Å². The zero-order valence-corrected chi connectivity index (χ0v) is 10.5. The maximum absolute atomic E-state index is 7.36. The van der Waals surface area contributed by atoms with Gasteiger partial charge in [0.2, 0.25) is 0 Å². The number of hydrogen-bond acceptors (Lipinski definition) is 1. The Bertz CT molecular complexity index is 449. The molecule has 1 saturated heterocycles. The van der Waals surface area contributed by atoms with E-state index in [2.05, 4.69) is 26.1 Å². The van der Waals surface area contributed by atoms with Crippen molar-refractivity contribution < 1.29 is 0 Å². The average Bonchev–Trinajstić information content (AvgIpc) is 2.34. The van der Waals surface area contributed by atoms with E-state index in [0.717, 1.165) is 41.7 Å². The Morgan fingerprint density at radius 2 is 1.94 bits per heavy atom. The zero-order chi connectivity index (χ0) is 11.4. The van der Waals surface area contributed by atoms with Crippen molar-refractivity contribution in [3.63, 3.8) is 0 Å². The molecule has 0 bridgehead atoms. The first-order chi connectivity index (χ1) is 7.83. The smallest absolute Gasteiger partial charge is 0.194 e. The largest absolute Gasteiger partial charge is 0.316 e. The molecule has 0 aromatic heterocycles. The van der Waals surface area contributed by atoms with E-state index in [1.807, 2.05) is 24.3 Å². The summed E-state index contributed by atoms with van der Waals surface area (Å²) in [5.74, 6) is 0. The van der Waals surface area contributed by atoms with E-state index in [9.17, 15) is 0 Å². The Morgan fingerprint density at radius 1 is 1.25 bits per heavy atom. The Kier molecular flexibility index (Phi) is 3.76. The van der Waals surface area contributed by atoms with Crippen molar-refractivity contribution in [3.8, 4) is 0 Å². The predicted molar refractivity (Wildman–Crippen MR) is 69.8 cm³/mol. The molecule has 0 spiro atoms. The number of halogens is 1. The average molecular weight is 277 g/mol. The molecule has 82 valence electrons. The first-order valence-corrected chi connectivity index (χ1v) is 6.17. The fourth-order valence-electron chi connectivity index (χ4n) is 1.95. The first kappa shape index (κ1) is 11.4. The molecule has 1 aromatic rings. The van der Waals surface area contributed by atoms with Gasteiger partial charge in [0.15, 0.2) is 5.70 Å². The summed E-state index contributed by atoms with van der Waals surface area (Å²) < 4.78 is 1.01. The Morgan fingerprint density at radius 3 is 2.56 bits per heavy atom. The van der Waals surface area contributed by atoms with Crippen LogP contribution in [-0.2, 0) is 0 Å². The third-order valence-corrected chi connectivity index (χ3v) is 3.47. The lowest BCUT2D eigenvalue weighted by atomic mass is 9.99. The Labute approximate surface area is 104 Å². The maximum atomic E-state index is 7.36. The van der Waals surface area contributed by atoms with Gasteiger partial charge in [-0.3, -0.25) is 0 Å². The summed E-state index contributed by atoms with van der Waals surface area (Å²) in [6.07, 6.45) is 1.97. The van der Waals surface area contributed by atoms with Gasteiger partial charge in [-0.25, -0.2) is 4.85 Å². The normalized spacial score (nSPS) is 15.6. The SMILES string of the molecule is [C-]#[N+]C(=C1CCNCC1)c1ccccc1Br. The van der Waals surface area contributed by atoms with Crippen molar-refractivity contribution in [2.24, 2.45) is 0 Å². The van der Waals surface area contributed by atoms with Crippen LogP contribution in [0.15, 0.2) is 34.3 Å². The lowest BCUT2D eigenvalue weighted by molar-refractivity contribution is 0.612. The maximum Gasteiger partial charge on any atom is 0.194 e. The van der Waals surface area contributed by atoms with Crippen LogP contribution < -0.4 is 5.32 Å². The molecule has 3 heteroatoms. The molecule has 2 nitrogen and oxygen atoms in total. The first-order valence-electron chi connectivity index (χ1n) is 5.38. The molecule has 0 atom stereocenters. The highest BCUT2D eigenvalue weighted by Gasteiger charge is 2.14. The number of nitrogens with zero attached hydrogens (tertiary/aromatic N) is 1. The lowest BCUT2D eigenvalue weighted by Gasteiger charge is -2.17. The molecule has 0 saturated carbocycles. The van der Waals surface area contributed by atoms with E-state index in [1.165, 1.54) is 5.57 Å². The number of piperidine rings is 1. The van der Waals surface area contributed by atoms with Gasteiger partial charge in [0.05, 0.1) is 6.57 Å². The summed E-state index contributed by atoms with van der Waals surface area (Å²) in [4.78, 5) is 3.71. The molecular formula is C13H13BrN2. The minimum absolute atomic E-state index is 0.828. The topological polar surface area (TPSA) is 16.4 Å². The third-order valence-electron chi connectivity index (χ3n) is 2.78. The summed E-state index contributed by atoms with van der Waals surface area (Å²) >= 11 is 3.51. The predicted octanol–water partition coefficient (Wildman–Crippen LogP) is 3.46. The van der Waals surface area contributed by atoms with Crippen LogP contribution in [0.1, 0.15) is 18.4 Å². The van der Waals surface area contributed by atoms with Crippen LogP contribution in [0.4, 0.5) is 0 Å². The van der Waals surface area contributed by atoms with E-state index in [4.69, 9.17) is 6.57 Å². The summed E-state index contributed by atoms with van der Waals surface area (Å²) in [5, 5.41) is 3.31. The molecule has 1 aliphatic heterocycles. The Balaban J connectivity index is 2.43. The van der Waals surface area contributed by atoms with Crippen molar-refractivity contribution in [1.82, 2.24) is 5.32 Å². The molecule has 0 aliphatic carbocycles. The van der Waals surface area contributed by atoms with Gasteiger partial charge < -0.3 is 5.32 Å². The number of nitrogens with one attached hydrogen (secondary N) is 1. The summed E-state index contributed by atoms with van der Waals surface area (Å²) in [6, 6.07) is 7.95. The summed E-state index contributed by atoms with van der Waals surface area (Å²) in [6.45, 7) is 9.33. The molecule has 0 amide bonds. The second-order valence-electron chi connectivity index (χ2n) is 3.79. The highest BCUT2D eigenvalue weighted by atomic mass is 79.9. The highest BCUT2D eigenvalue weighted by molar-refractivity contribution is 9.10. The molecule has 16 heavy (non-hydrogen) atoms. The van der Waals surface area contributed by atoms with Crippen LogP contribution in [-0.4, -0.2) is 13.1 Å². The van der Waals surface area contributed by atoms with E-state index >= 15 is 0 Å². The molecule has 1 heterocycles. The third kappa shape index (κ3) is 2.34. The Hall–Kier alpha value is -1.11. The van der Waals surface area contributed by atoms with Crippen LogP contribution in [0.2, 0.25) is 0 Å². The van der Waals surface area contributed by atoms with E-state index < -0.39 is 0 Å². The van der Waals surface area contributed by atoms with Gasteiger partial charge in [0.1, 0.15) is 0 Å². The summed E-state index contributed by atoms with van der Waals surface area (Å²) in [5.41, 5.74) is 3.13. The molecule has 0 radical (unpaired) electrons. The minimum atomic E-state index is 0.828. The van der Waals surface area contributed by atoms with Crippen molar-refractivity contribution >= 4 is 21.6 Å². The molecule has 1 N–H and O–H groups in total. The van der Waals surface area contributed by atoms with Gasteiger partial charge in [0, 0.05) is 4.47 Å². The van der Waals surface area contributed by atoms with Crippen LogP contribution in [0, 0.1) is 6.57 Å². The summed E-state index contributed by atoms with van der Waals surface area (Å²) in [7, 11) is 0. The quantitative estimate of drug-likeness (QED) is 0.777. The van der Waals surface area contributed by atoms with Crippen LogP contribution >= 0.6 is 15.9 Å². The van der Waals surface area contributed by atoms with Crippen LogP contribution in [0.3, 0.4) is 0 Å². The van der Waals surface area contributed by atoms with Crippen molar-refractivity contribution in [2.75, 3.05) is 13.1 Å². The molecule has 0 unspecified atom stereocenters. The standard InChI is InChI=1S/C13H13BrN2/c1-15-13(10-6-8-16-9-7-10)11-4-2-3-5-12(11)14/h2-5,16H,6-9H2. The zero-order valence-electron chi connectivity index (χ0n) is 8.96. The van der Waals surface area contributed by atoms with Crippen LogP contribution in [0.5, 0.6) is 0 Å². The fourth-order valence-corrected chi connectivity index (χ4v) is 2.42. The minimum Gasteiger partial charge on any atom is -0.316 e. The van der Waals surface area contributed by atoms with E-state index in [0.29, 0.717) is 0 Å². The van der Waals surface area contributed by atoms with E-state index in [-0.39, 0.29) is 0 Å². The monoisotopic (exact) mass is 276 g/mol. The molecule has 1 fully saturated rings. The highest BCUT2D eigenvalue weighted by Crippen LogP contribution is 2.30. The molecule has 2 rings (SSSR count). The van der Waals surface area contributed by atoms with Crippen molar-refractivity contribution in [3.05, 3.63) is 51.3 Å². The molecule has 1 aliphatic rings. The van der Waals surface area contributed by atoms with Gasteiger partial charge >= 0.3 is 0 Å². The van der Waals surface area contributed by atoms with Gasteiger partial charge in [-0.2, -0.15) is 0 Å². The lowest BCUT2D eigenvalue weighted by Crippen LogP contribution is -2.23. The van der Waals surface area contributed by atoms with Gasteiger partial charge in [-0.15, -0.1) is 0 Å². The van der Waals surface area contributed by atoms with Gasteiger partial charge in [0.25, 0.3) is 0 Å². The van der Waals surface area contributed by atoms with Crippen LogP contribution in [0.25, 0.3) is 10.5 Å². The van der Waals surface area contributed by atoms with E-state index in [1.54, 1.807) is 0 Å². The van der Waals surface area contributed by atoms with Crippen molar-refractivity contribution in [1.29, 1.82) is 0 Å². The van der Waals surface area contributed by atoms with Crippen molar-refractivity contribution in [2.45, 2.75) is 12.8 Å². The molecular weight excluding hydrogens is 264 g/mol.